The zero-order valence-corrected chi connectivity index (χ0v) is 18.0. The molecule has 8 nitrogen and oxygen atoms in total. The van der Waals surface area contributed by atoms with Crippen molar-refractivity contribution >= 4 is 29.2 Å². The Kier molecular flexibility index (Phi) is 7.84. The lowest BCUT2D eigenvalue weighted by Gasteiger charge is -2.24. The van der Waals surface area contributed by atoms with E-state index in [4.69, 9.17) is 21.1 Å². The zero-order valence-electron chi connectivity index (χ0n) is 17.2. The zero-order chi connectivity index (χ0) is 21.5. The Hall–Kier alpha value is -2.42. The van der Waals surface area contributed by atoms with Crippen molar-refractivity contribution < 1.29 is 19.4 Å². The highest BCUT2D eigenvalue weighted by Crippen LogP contribution is 2.27. The summed E-state index contributed by atoms with van der Waals surface area (Å²) < 4.78 is 10.2. The van der Waals surface area contributed by atoms with Crippen LogP contribution >= 0.6 is 11.6 Å². The predicted octanol–water partition coefficient (Wildman–Crippen LogP) is 2.93. The molecule has 162 valence electrons. The van der Waals surface area contributed by atoms with Gasteiger partial charge < -0.3 is 24.8 Å². The number of hydrogen-bond donors (Lipinski definition) is 2. The number of anilines is 2. The van der Waals surface area contributed by atoms with E-state index in [0.29, 0.717) is 41.3 Å². The van der Waals surface area contributed by atoms with E-state index < -0.39 is 0 Å². The van der Waals surface area contributed by atoms with Crippen LogP contribution in [0.5, 0.6) is 5.75 Å². The number of nitrogens with zero attached hydrogens (tertiary/aromatic N) is 3. The molecular formula is C21H27ClN4O4. The molecule has 0 bridgehead atoms. The maximum Gasteiger partial charge on any atom is 0.227 e. The summed E-state index contributed by atoms with van der Waals surface area (Å²) in [6, 6.07) is 5.50. The number of halogens is 1. The quantitative estimate of drug-likeness (QED) is 0.551. The Labute approximate surface area is 181 Å². The smallest absolute Gasteiger partial charge is 0.227 e. The molecule has 0 radical (unpaired) electrons. The van der Waals surface area contributed by atoms with Gasteiger partial charge in [0.1, 0.15) is 11.6 Å². The molecule has 9 heteroatoms. The minimum absolute atomic E-state index is 0.00622. The maximum atomic E-state index is 12.6. The van der Waals surface area contributed by atoms with E-state index in [1.807, 2.05) is 17.0 Å². The third-order valence-corrected chi connectivity index (χ3v) is 5.43. The van der Waals surface area contributed by atoms with E-state index in [1.54, 1.807) is 26.5 Å². The number of rotatable bonds is 10. The van der Waals surface area contributed by atoms with Crippen molar-refractivity contribution in [2.24, 2.45) is 0 Å². The first-order valence-corrected chi connectivity index (χ1v) is 10.3. The molecule has 0 spiro atoms. The van der Waals surface area contributed by atoms with Crippen LogP contribution in [0.4, 0.5) is 11.8 Å². The number of aromatic nitrogens is 2. The van der Waals surface area contributed by atoms with E-state index in [1.165, 1.54) is 0 Å². The van der Waals surface area contributed by atoms with Crippen LogP contribution in [0.25, 0.3) is 0 Å². The van der Waals surface area contributed by atoms with E-state index in [-0.39, 0.29) is 24.9 Å². The summed E-state index contributed by atoms with van der Waals surface area (Å²) >= 11 is 6.22. The fraction of sp³-hybridized carbons (Fsp3) is 0.476. The molecule has 1 aliphatic rings. The van der Waals surface area contributed by atoms with Crippen LogP contribution in [0, 0.1) is 0 Å². The third-order valence-electron chi connectivity index (χ3n) is 5.13. The molecule has 0 amide bonds. The molecule has 1 unspecified atom stereocenters. The molecule has 2 aromatic rings. The monoisotopic (exact) mass is 434 g/mol. The molecule has 0 saturated carbocycles. The Morgan fingerprint density at radius 3 is 2.93 bits per heavy atom. The largest absolute Gasteiger partial charge is 0.495 e. The summed E-state index contributed by atoms with van der Waals surface area (Å²) in [7, 11) is 3.12. The lowest BCUT2D eigenvalue weighted by atomic mass is 10.1. The fourth-order valence-electron chi connectivity index (χ4n) is 3.47. The van der Waals surface area contributed by atoms with Crippen molar-refractivity contribution in [1.29, 1.82) is 0 Å². The lowest BCUT2D eigenvalue weighted by molar-refractivity contribution is 0.0932. The van der Waals surface area contributed by atoms with Crippen LogP contribution in [0.3, 0.4) is 0 Å². The summed E-state index contributed by atoms with van der Waals surface area (Å²) in [5.74, 6) is 1.46. The SMILES string of the molecule is COCCC(=O)c1cnc(N2CCCC2CO)nc1NCc1ccc(OC)c(Cl)c1. The number of nitrogens with one attached hydrogen (secondary N) is 1. The second-order valence-electron chi connectivity index (χ2n) is 7.09. The summed E-state index contributed by atoms with van der Waals surface area (Å²) in [5.41, 5.74) is 1.33. The number of carbonyl (C=O) groups is 1. The Bertz CT molecular complexity index is 880. The molecule has 0 aliphatic carbocycles. The topological polar surface area (TPSA) is 96.8 Å². The molecule has 1 saturated heterocycles. The van der Waals surface area contributed by atoms with E-state index in [2.05, 4.69) is 15.3 Å². The molecule has 1 aromatic heterocycles. The highest BCUT2D eigenvalue weighted by atomic mass is 35.5. The van der Waals surface area contributed by atoms with Crippen molar-refractivity contribution in [2.75, 3.05) is 44.2 Å². The lowest BCUT2D eigenvalue weighted by Crippen LogP contribution is -2.33. The number of benzene rings is 1. The van der Waals surface area contributed by atoms with Crippen LogP contribution in [0.1, 0.15) is 35.2 Å². The number of Topliss-reactive ketones (excluding diaryl/α,β-unsaturated/α-hetero) is 1. The molecule has 30 heavy (non-hydrogen) atoms. The third kappa shape index (κ3) is 5.19. The summed E-state index contributed by atoms with van der Waals surface area (Å²) in [6.07, 6.45) is 3.65. The number of ketones is 1. The van der Waals surface area contributed by atoms with Crippen molar-refractivity contribution in [3.05, 3.63) is 40.5 Å². The van der Waals surface area contributed by atoms with Crippen molar-refractivity contribution in [3.8, 4) is 5.75 Å². The number of hydrogen-bond acceptors (Lipinski definition) is 8. The van der Waals surface area contributed by atoms with Gasteiger partial charge in [-0.25, -0.2) is 4.98 Å². The molecule has 2 N–H and O–H groups in total. The fourth-order valence-corrected chi connectivity index (χ4v) is 3.75. The Morgan fingerprint density at radius 1 is 1.40 bits per heavy atom. The molecular weight excluding hydrogens is 408 g/mol. The van der Waals surface area contributed by atoms with Gasteiger partial charge in [0.05, 0.1) is 37.0 Å². The van der Waals surface area contributed by atoms with Gasteiger partial charge in [0.25, 0.3) is 0 Å². The molecule has 1 aliphatic heterocycles. The van der Waals surface area contributed by atoms with Crippen molar-refractivity contribution in [1.82, 2.24) is 9.97 Å². The number of ether oxygens (including phenoxy) is 2. The number of methoxy groups -OCH3 is 2. The minimum atomic E-state index is -0.0983. The Morgan fingerprint density at radius 2 is 2.23 bits per heavy atom. The van der Waals surface area contributed by atoms with Gasteiger partial charge >= 0.3 is 0 Å². The summed E-state index contributed by atoms with van der Waals surface area (Å²) in [6.45, 7) is 1.57. The average Bonchev–Trinajstić information content (AvgIpc) is 3.25. The van der Waals surface area contributed by atoms with Crippen molar-refractivity contribution in [3.63, 3.8) is 0 Å². The minimum Gasteiger partial charge on any atom is -0.495 e. The first kappa shape index (κ1) is 22.3. The molecule has 2 heterocycles. The summed E-state index contributed by atoms with van der Waals surface area (Å²) in [4.78, 5) is 23.7. The van der Waals surface area contributed by atoms with Gasteiger partial charge in [-0.15, -0.1) is 0 Å². The van der Waals surface area contributed by atoms with Crippen molar-refractivity contribution in [2.45, 2.75) is 31.8 Å². The van der Waals surface area contributed by atoms with Gasteiger partial charge in [0, 0.05) is 32.8 Å². The van der Waals surface area contributed by atoms with Crippen LogP contribution in [-0.4, -0.2) is 60.9 Å². The second-order valence-corrected chi connectivity index (χ2v) is 7.50. The number of aliphatic hydroxyl groups is 1. The highest BCUT2D eigenvalue weighted by Gasteiger charge is 2.27. The van der Waals surface area contributed by atoms with E-state index >= 15 is 0 Å². The molecule has 3 rings (SSSR count). The molecule has 1 aromatic carbocycles. The van der Waals surface area contributed by atoms with Gasteiger partial charge in [0.2, 0.25) is 5.95 Å². The highest BCUT2D eigenvalue weighted by molar-refractivity contribution is 6.32. The average molecular weight is 435 g/mol. The van der Waals surface area contributed by atoms with Crippen LogP contribution in [0.15, 0.2) is 24.4 Å². The standard InChI is InChI=1S/C21H27ClN4O4/c1-29-9-7-18(28)16-12-24-21(26-8-3-4-15(26)13-27)25-20(16)23-11-14-5-6-19(30-2)17(22)10-14/h5-6,10,12,15,27H,3-4,7-9,11,13H2,1-2H3,(H,23,24,25). The molecule has 1 fully saturated rings. The van der Waals surface area contributed by atoms with Gasteiger partial charge in [-0.1, -0.05) is 17.7 Å². The molecule has 1 atom stereocenters. The Balaban J connectivity index is 1.85. The van der Waals surface area contributed by atoms with E-state index in [0.717, 1.165) is 24.9 Å². The van der Waals surface area contributed by atoms with Gasteiger partial charge in [-0.3, -0.25) is 4.79 Å². The normalized spacial score (nSPS) is 16.0. The summed E-state index contributed by atoms with van der Waals surface area (Å²) in [5, 5.41) is 13.4. The van der Waals surface area contributed by atoms with E-state index in [9.17, 15) is 9.90 Å². The number of carbonyl (C=O) groups excluding carboxylic acids is 1. The van der Waals surface area contributed by atoms with Crippen LogP contribution < -0.4 is 15.0 Å². The van der Waals surface area contributed by atoms with Gasteiger partial charge in [-0.05, 0) is 30.5 Å². The first-order valence-electron chi connectivity index (χ1n) is 9.90. The van der Waals surface area contributed by atoms with Crippen LogP contribution in [0.2, 0.25) is 5.02 Å². The second kappa shape index (κ2) is 10.6. The number of aliphatic hydroxyl groups excluding tert-OH is 1. The maximum absolute atomic E-state index is 12.6. The van der Waals surface area contributed by atoms with Crippen LogP contribution in [-0.2, 0) is 11.3 Å². The predicted molar refractivity (Wildman–Crippen MR) is 116 cm³/mol. The van der Waals surface area contributed by atoms with Gasteiger partial charge in [0.15, 0.2) is 5.78 Å². The first-order chi connectivity index (χ1) is 14.6. The van der Waals surface area contributed by atoms with Gasteiger partial charge in [-0.2, -0.15) is 4.98 Å².